The number of benzene rings is 1. The van der Waals surface area contributed by atoms with Crippen LogP contribution in [-0.2, 0) is 25.7 Å². The van der Waals surface area contributed by atoms with Gasteiger partial charge in [0.15, 0.2) is 0 Å². The summed E-state index contributed by atoms with van der Waals surface area (Å²) in [5.74, 6) is 0.914. The number of hydrogen-bond acceptors (Lipinski definition) is 2. The highest BCUT2D eigenvalue weighted by molar-refractivity contribution is 5.58. The molecule has 0 heterocycles. The Kier molecular flexibility index (Phi) is 6.90. The molecule has 0 spiro atoms. The zero-order valence-electron chi connectivity index (χ0n) is 13.6. The number of hydrogen-bond donors (Lipinski definition) is 2. The van der Waals surface area contributed by atoms with Crippen LogP contribution in [0.4, 0.5) is 0 Å². The minimum absolute atomic E-state index is 0.457. The van der Waals surface area contributed by atoms with Crippen molar-refractivity contribution in [3.8, 4) is 11.5 Å². The molecule has 0 amide bonds. The topological polar surface area (TPSA) is 40.5 Å². The average Bonchev–Trinajstić information content (AvgIpc) is 2.44. The van der Waals surface area contributed by atoms with Crippen LogP contribution in [0, 0.1) is 0 Å². The molecule has 1 rings (SSSR count). The van der Waals surface area contributed by atoms with E-state index in [9.17, 15) is 10.2 Å². The van der Waals surface area contributed by atoms with Crippen molar-refractivity contribution in [2.45, 2.75) is 79.1 Å². The van der Waals surface area contributed by atoms with Gasteiger partial charge in [-0.2, -0.15) is 0 Å². The third-order valence-corrected chi connectivity index (χ3v) is 3.87. The molecule has 0 atom stereocenters. The number of phenols is 2. The molecule has 2 heteroatoms. The van der Waals surface area contributed by atoms with Crippen molar-refractivity contribution < 1.29 is 10.2 Å². The van der Waals surface area contributed by atoms with Crippen LogP contribution in [0.3, 0.4) is 0 Å². The predicted molar refractivity (Wildman–Crippen MR) is 85.8 cm³/mol. The molecule has 0 saturated carbocycles. The van der Waals surface area contributed by atoms with E-state index in [1.165, 1.54) is 0 Å². The van der Waals surface area contributed by atoms with E-state index in [1.807, 2.05) is 0 Å². The van der Waals surface area contributed by atoms with Crippen molar-refractivity contribution in [3.63, 3.8) is 0 Å². The van der Waals surface area contributed by atoms with Gasteiger partial charge in [0, 0.05) is 22.3 Å². The molecule has 20 heavy (non-hydrogen) atoms. The average molecular weight is 278 g/mol. The molecule has 1 aromatic carbocycles. The lowest BCUT2D eigenvalue weighted by Gasteiger charge is -2.21. The van der Waals surface area contributed by atoms with E-state index in [4.69, 9.17) is 0 Å². The summed E-state index contributed by atoms with van der Waals surface area (Å²) in [6.45, 7) is 8.47. The first kappa shape index (κ1) is 16.9. The van der Waals surface area contributed by atoms with Crippen LogP contribution in [0.5, 0.6) is 11.5 Å². The van der Waals surface area contributed by atoms with Gasteiger partial charge in [0.1, 0.15) is 11.5 Å². The molecule has 0 saturated heterocycles. The molecule has 0 fully saturated rings. The summed E-state index contributed by atoms with van der Waals surface area (Å²) in [7, 11) is 0. The van der Waals surface area contributed by atoms with E-state index < -0.39 is 0 Å². The predicted octanol–water partition coefficient (Wildman–Crippen LogP) is 4.91. The normalized spacial score (nSPS) is 11.0. The Bertz CT molecular complexity index is 358. The van der Waals surface area contributed by atoms with Gasteiger partial charge in [-0.15, -0.1) is 0 Å². The molecule has 2 N–H and O–H groups in total. The second-order valence-corrected chi connectivity index (χ2v) is 5.61. The highest BCUT2D eigenvalue weighted by atomic mass is 16.3. The number of aromatic hydroxyl groups is 2. The van der Waals surface area contributed by atoms with Crippen LogP contribution < -0.4 is 0 Å². The number of phenolic OH excluding ortho intramolecular Hbond substituents is 2. The van der Waals surface area contributed by atoms with Crippen LogP contribution in [0.25, 0.3) is 0 Å². The second kappa shape index (κ2) is 8.18. The molecule has 0 bridgehead atoms. The Morgan fingerprint density at radius 1 is 0.500 bits per heavy atom. The second-order valence-electron chi connectivity index (χ2n) is 5.61. The van der Waals surface area contributed by atoms with E-state index in [2.05, 4.69) is 27.7 Å². The van der Waals surface area contributed by atoms with Crippen molar-refractivity contribution >= 4 is 0 Å². The smallest absolute Gasteiger partial charge is 0.122 e. The summed E-state index contributed by atoms with van der Waals surface area (Å²) in [6.07, 6.45) is 7.33. The van der Waals surface area contributed by atoms with Gasteiger partial charge in [-0.05, 0) is 25.7 Å². The first-order chi connectivity index (χ1) is 9.62. The Balaban J connectivity index is 3.50. The van der Waals surface area contributed by atoms with Gasteiger partial charge in [-0.1, -0.05) is 53.4 Å². The van der Waals surface area contributed by atoms with E-state index in [0.29, 0.717) is 11.5 Å². The molecule has 0 unspecified atom stereocenters. The maximum absolute atomic E-state index is 10.7. The first-order valence-corrected chi connectivity index (χ1v) is 8.19. The van der Waals surface area contributed by atoms with Gasteiger partial charge in [0.2, 0.25) is 0 Å². The van der Waals surface area contributed by atoms with Crippen LogP contribution in [-0.4, -0.2) is 10.2 Å². The van der Waals surface area contributed by atoms with E-state index in [0.717, 1.165) is 73.6 Å². The molecule has 0 aliphatic rings. The molecule has 0 radical (unpaired) electrons. The van der Waals surface area contributed by atoms with Crippen molar-refractivity contribution in [2.75, 3.05) is 0 Å². The largest absolute Gasteiger partial charge is 0.507 e. The van der Waals surface area contributed by atoms with Gasteiger partial charge in [0.05, 0.1) is 0 Å². The molecular formula is C18H30O2. The highest BCUT2D eigenvalue weighted by Crippen LogP contribution is 2.40. The Morgan fingerprint density at radius 2 is 0.700 bits per heavy atom. The standard InChI is InChI=1S/C18H30O2/c1-5-9-13-14(10-6-2)18(20)16(12-8-4)15(11-7-3)17(13)19/h19-20H,5-12H2,1-4H3. The number of rotatable bonds is 8. The maximum atomic E-state index is 10.7. The van der Waals surface area contributed by atoms with Crippen molar-refractivity contribution in [1.82, 2.24) is 0 Å². The molecule has 0 aliphatic heterocycles. The van der Waals surface area contributed by atoms with Crippen LogP contribution in [0.2, 0.25) is 0 Å². The monoisotopic (exact) mass is 278 g/mol. The van der Waals surface area contributed by atoms with Crippen LogP contribution in [0.1, 0.15) is 75.6 Å². The fraction of sp³-hybridized carbons (Fsp3) is 0.667. The summed E-state index contributed by atoms with van der Waals surface area (Å²) in [5, 5.41) is 21.4. The summed E-state index contributed by atoms with van der Waals surface area (Å²) in [6, 6.07) is 0. The Morgan fingerprint density at radius 3 is 0.850 bits per heavy atom. The highest BCUT2D eigenvalue weighted by Gasteiger charge is 2.21. The Hall–Kier alpha value is -1.18. The quantitative estimate of drug-likeness (QED) is 0.663. The summed E-state index contributed by atoms with van der Waals surface area (Å²) < 4.78 is 0. The SMILES string of the molecule is CCCc1c(O)c(CCC)c(CCC)c(O)c1CCC. The molecule has 114 valence electrons. The maximum Gasteiger partial charge on any atom is 0.122 e. The van der Waals surface area contributed by atoms with Crippen LogP contribution in [0.15, 0.2) is 0 Å². The molecule has 0 aliphatic carbocycles. The third kappa shape index (κ3) is 3.47. The zero-order chi connectivity index (χ0) is 15.1. The molecular weight excluding hydrogens is 248 g/mol. The van der Waals surface area contributed by atoms with Crippen LogP contribution >= 0.6 is 0 Å². The summed E-state index contributed by atoms with van der Waals surface area (Å²) in [5.41, 5.74) is 3.93. The first-order valence-electron chi connectivity index (χ1n) is 8.19. The van der Waals surface area contributed by atoms with Gasteiger partial charge in [-0.25, -0.2) is 0 Å². The fourth-order valence-electron chi connectivity index (χ4n) is 3.01. The lowest BCUT2D eigenvalue weighted by molar-refractivity contribution is 0.434. The molecule has 0 aromatic heterocycles. The third-order valence-electron chi connectivity index (χ3n) is 3.87. The van der Waals surface area contributed by atoms with Crippen molar-refractivity contribution in [1.29, 1.82) is 0 Å². The van der Waals surface area contributed by atoms with Crippen molar-refractivity contribution in [3.05, 3.63) is 22.3 Å². The molecule has 1 aromatic rings. The Labute approximate surface area is 123 Å². The summed E-state index contributed by atoms with van der Waals surface area (Å²) in [4.78, 5) is 0. The van der Waals surface area contributed by atoms with Gasteiger partial charge >= 0.3 is 0 Å². The lowest BCUT2D eigenvalue weighted by Crippen LogP contribution is -2.04. The minimum atomic E-state index is 0.457. The van der Waals surface area contributed by atoms with Gasteiger partial charge in [-0.3, -0.25) is 0 Å². The minimum Gasteiger partial charge on any atom is -0.507 e. The molecule has 2 nitrogen and oxygen atoms in total. The summed E-state index contributed by atoms with van der Waals surface area (Å²) >= 11 is 0. The van der Waals surface area contributed by atoms with Gasteiger partial charge < -0.3 is 10.2 Å². The lowest BCUT2D eigenvalue weighted by atomic mass is 9.87. The van der Waals surface area contributed by atoms with E-state index in [-0.39, 0.29) is 0 Å². The fourth-order valence-corrected chi connectivity index (χ4v) is 3.01. The van der Waals surface area contributed by atoms with Crippen molar-refractivity contribution in [2.24, 2.45) is 0 Å². The zero-order valence-corrected chi connectivity index (χ0v) is 13.6. The van der Waals surface area contributed by atoms with E-state index >= 15 is 0 Å². The van der Waals surface area contributed by atoms with Gasteiger partial charge in [0.25, 0.3) is 0 Å². The van der Waals surface area contributed by atoms with E-state index in [1.54, 1.807) is 0 Å².